The highest BCUT2D eigenvalue weighted by Gasteiger charge is 2.25. The molecular weight excluding hydrogens is 377 g/mol. The summed E-state index contributed by atoms with van der Waals surface area (Å²) in [6.45, 7) is 5.30. The Balaban J connectivity index is 1.39. The van der Waals surface area contributed by atoms with Crippen molar-refractivity contribution in [2.75, 3.05) is 36.4 Å². The second-order valence-electron chi connectivity index (χ2n) is 6.86. The van der Waals surface area contributed by atoms with Crippen LogP contribution in [0.15, 0.2) is 42.6 Å². The molecule has 0 saturated carbocycles. The van der Waals surface area contributed by atoms with Crippen molar-refractivity contribution >= 4 is 38.4 Å². The molecule has 3 heterocycles. The van der Waals surface area contributed by atoms with Crippen LogP contribution in [0, 0.1) is 5.82 Å². The van der Waals surface area contributed by atoms with Gasteiger partial charge in [0, 0.05) is 32.4 Å². The highest BCUT2D eigenvalue weighted by molar-refractivity contribution is 7.22. The van der Waals surface area contributed by atoms with Crippen LogP contribution in [0.5, 0.6) is 0 Å². The van der Waals surface area contributed by atoms with Crippen molar-refractivity contribution in [1.82, 2.24) is 14.9 Å². The van der Waals surface area contributed by atoms with Gasteiger partial charge in [0.05, 0.1) is 16.3 Å². The second-order valence-corrected chi connectivity index (χ2v) is 7.89. The number of rotatable bonds is 4. The zero-order chi connectivity index (χ0) is 19.5. The standard InChI is InChI=1S/C20H22FN5OS/c1-14(19(27)24-20-23-16-7-6-15(21)13-17(16)28-20)25-9-4-10-26(12-11-25)18-5-2-3-8-22-18/h2-3,5-8,13-14H,4,9-12H2,1H3,(H,23,24,27)/t14-/m1/s1. The van der Waals surface area contributed by atoms with Crippen molar-refractivity contribution in [3.63, 3.8) is 0 Å². The first kappa shape index (κ1) is 18.8. The number of thiazole rings is 1. The molecule has 0 bridgehead atoms. The van der Waals surface area contributed by atoms with E-state index in [0.717, 1.165) is 43.1 Å². The lowest BCUT2D eigenvalue weighted by Gasteiger charge is -2.26. The lowest BCUT2D eigenvalue weighted by Crippen LogP contribution is -2.44. The Hall–Kier alpha value is -2.58. The highest BCUT2D eigenvalue weighted by atomic mass is 32.1. The Morgan fingerprint density at radius 3 is 2.93 bits per heavy atom. The minimum absolute atomic E-state index is 0.0918. The van der Waals surface area contributed by atoms with E-state index in [2.05, 4.69) is 25.1 Å². The molecule has 6 nitrogen and oxygen atoms in total. The van der Waals surface area contributed by atoms with E-state index in [9.17, 15) is 9.18 Å². The maximum absolute atomic E-state index is 13.3. The number of nitrogens with one attached hydrogen (secondary N) is 1. The van der Waals surface area contributed by atoms with Crippen molar-refractivity contribution in [2.24, 2.45) is 0 Å². The first-order valence-corrected chi connectivity index (χ1v) is 10.2. The summed E-state index contributed by atoms with van der Waals surface area (Å²) in [6.07, 6.45) is 2.77. The molecule has 1 saturated heterocycles. The highest BCUT2D eigenvalue weighted by Crippen LogP contribution is 2.26. The number of carbonyl (C=O) groups is 1. The number of aromatic nitrogens is 2. The van der Waals surface area contributed by atoms with Crippen molar-refractivity contribution in [2.45, 2.75) is 19.4 Å². The summed E-state index contributed by atoms with van der Waals surface area (Å²) in [5, 5.41) is 3.39. The average Bonchev–Trinajstić information content (AvgIpc) is 2.93. The molecule has 1 aliphatic rings. The van der Waals surface area contributed by atoms with Crippen molar-refractivity contribution in [1.29, 1.82) is 0 Å². The van der Waals surface area contributed by atoms with E-state index in [1.165, 1.54) is 23.5 Å². The SMILES string of the molecule is C[C@H](C(=O)Nc1nc2ccc(F)cc2s1)N1CCCN(c2ccccn2)CC1. The Morgan fingerprint density at radius 2 is 2.11 bits per heavy atom. The van der Waals surface area contributed by atoms with E-state index in [1.54, 1.807) is 12.3 Å². The lowest BCUT2D eigenvalue weighted by atomic mass is 10.2. The van der Waals surface area contributed by atoms with Gasteiger partial charge in [0.25, 0.3) is 0 Å². The molecule has 0 unspecified atom stereocenters. The van der Waals surface area contributed by atoms with Gasteiger partial charge in [0.15, 0.2) is 5.13 Å². The average molecular weight is 399 g/mol. The topological polar surface area (TPSA) is 61.4 Å². The van der Waals surface area contributed by atoms with Gasteiger partial charge in [0.2, 0.25) is 5.91 Å². The second kappa shape index (κ2) is 8.20. The molecule has 0 aliphatic carbocycles. The van der Waals surface area contributed by atoms with Crippen LogP contribution >= 0.6 is 11.3 Å². The van der Waals surface area contributed by atoms with Crippen LogP contribution in [0.2, 0.25) is 0 Å². The fraction of sp³-hybridized carbons (Fsp3) is 0.350. The summed E-state index contributed by atoms with van der Waals surface area (Å²) < 4.78 is 14.1. The first-order valence-electron chi connectivity index (χ1n) is 9.37. The summed E-state index contributed by atoms with van der Waals surface area (Å²) in [4.78, 5) is 26.0. The van der Waals surface area contributed by atoms with Gasteiger partial charge >= 0.3 is 0 Å². The van der Waals surface area contributed by atoms with Crippen LogP contribution in [-0.2, 0) is 4.79 Å². The third kappa shape index (κ3) is 4.13. The molecule has 28 heavy (non-hydrogen) atoms. The normalized spacial score (nSPS) is 16.7. The lowest BCUT2D eigenvalue weighted by molar-refractivity contribution is -0.120. The molecule has 2 aromatic heterocycles. The molecule has 8 heteroatoms. The van der Waals surface area contributed by atoms with E-state index in [1.807, 2.05) is 25.1 Å². The maximum Gasteiger partial charge on any atom is 0.243 e. The molecular formula is C20H22FN5OS. The van der Waals surface area contributed by atoms with Crippen LogP contribution in [-0.4, -0.2) is 53.0 Å². The number of halogens is 1. The Bertz CT molecular complexity index is 964. The van der Waals surface area contributed by atoms with Gasteiger partial charge in [-0.3, -0.25) is 9.69 Å². The van der Waals surface area contributed by atoms with Crippen LogP contribution < -0.4 is 10.2 Å². The van der Waals surface area contributed by atoms with Gasteiger partial charge in [-0.1, -0.05) is 17.4 Å². The number of nitrogens with zero attached hydrogens (tertiary/aromatic N) is 4. The molecule has 1 atom stereocenters. The molecule has 3 aromatic rings. The van der Waals surface area contributed by atoms with Crippen LogP contribution in [0.1, 0.15) is 13.3 Å². The van der Waals surface area contributed by atoms with Gasteiger partial charge in [-0.25, -0.2) is 14.4 Å². The monoisotopic (exact) mass is 399 g/mol. The minimum atomic E-state index is -0.301. The number of benzene rings is 1. The maximum atomic E-state index is 13.3. The molecule has 1 N–H and O–H groups in total. The number of pyridine rings is 1. The zero-order valence-corrected chi connectivity index (χ0v) is 16.5. The van der Waals surface area contributed by atoms with Crippen LogP contribution in [0.3, 0.4) is 0 Å². The summed E-state index contributed by atoms with van der Waals surface area (Å²) in [6, 6.07) is 10.1. The van der Waals surface area contributed by atoms with Gasteiger partial charge in [-0.2, -0.15) is 0 Å². The first-order chi connectivity index (χ1) is 13.6. The predicted molar refractivity (Wildman–Crippen MR) is 110 cm³/mol. The van der Waals surface area contributed by atoms with Gasteiger partial charge in [-0.15, -0.1) is 0 Å². The summed E-state index contributed by atoms with van der Waals surface area (Å²) in [7, 11) is 0. The number of amides is 1. The number of carbonyl (C=O) groups excluding carboxylic acids is 1. The van der Waals surface area contributed by atoms with Crippen molar-refractivity contribution in [3.8, 4) is 0 Å². The molecule has 0 spiro atoms. The van der Waals surface area contributed by atoms with Crippen LogP contribution in [0.25, 0.3) is 10.2 Å². The van der Waals surface area contributed by atoms with Crippen LogP contribution in [0.4, 0.5) is 15.3 Å². The third-order valence-electron chi connectivity index (χ3n) is 5.01. The van der Waals surface area contributed by atoms with E-state index < -0.39 is 0 Å². The van der Waals surface area contributed by atoms with Gasteiger partial charge < -0.3 is 10.2 Å². The number of anilines is 2. The van der Waals surface area contributed by atoms with Crippen molar-refractivity contribution in [3.05, 3.63) is 48.4 Å². The Kier molecular flexibility index (Phi) is 5.50. The molecule has 1 fully saturated rings. The number of hydrogen-bond donors (Lipinski definition) is 1. The molecule has 1 amide bonds. The molecule has 1 aliphatic heterocycles. The van der Waals surface area contributed by atoms with E-state index in [0.29, 0.717) is 10.6 Å². The predicted octanol–water partition coefficient (Wildman–Crippen LogP) is 3.37. The smallest absolute Gasteiger partial charge is 0.243 e. The third-order valence-corrected chi connectivity index (χ3v) is 5.95. The quantitative estimate of drug-likeness (QED) is 0.729. The van der Waals surface area contributed by atoms with E-state index in [-0.39, 0.29) is 17.8 Å². The van der Waals surface area contributed by atoms with E-state index in [4.69, 9.17) is 0 Å². The largest absolute Gasteiger partial charge is 0.355 e. The molecule has 1 aromatic carbocycles. The zero-order valence-electron chi connectivity index (χ0n) is 15.6. The minimum Gasteiger partial charge on any atom is -0.355 e. The fourth-order valence-corrected chi connectivity index (χ4v) is 4.32. The fourth-order valence-electron chi connectivity index (χ4n) is 3.42. The summed E-state index contributed by atoms with van der Waals surface area (Å²) >= 11 is 1.29. The van der Waals surface area contributed by atoms with E-state index >= 15 is 0 Å². The van der Waals surface area contributed by atoms with Gasteiger partial charge in [-0.05, 0) is 43.7 Å². The Morgan fingerprint density at radius 1 is 1.21 bits per heavy atom. The molecule has 4 rings (SSSR count). The molecule has 146 valence electrons. The van der Waals surface area contributed by atoms with Gasteiger partial charge in [0.1, 0.15) is 11.6 Å². The number of hydrogen-bond acceptors (Lipinski definition) is 6. The summed E-state index contributed by atoms with van der Waals surface area (Å²) in [5.74, 6) is 0.582. The Labute approximate surface area is 167 Å². The summed E-state index contributed by atoms with van der Waals surface area (Å²) in [5.41, 5.74) is 0.690. The molecule has 0 radical (unpaired) electrons. The number of fused-ring (bicyclic) bond motifs is 1. The van der Waals surface area contributed by atoms with Crippen molar-refractivity contribution < 1.29 is 9.18 Å².